The summed E-state index contributed by atoms with van der Waals surface area (Å²) in [7, 11) is 0. The number of rotatable bonds is 2. The van der Waals surface area contributed by atoms with Gasteiger partial charge in [-0.3, -0.25) is 4.84 Å². The molecule has 1 aromatic rings. The average Bonchev–Trinajstić information content (AvgIpc) is 1.99. The topological polar surface area (TPSA) is 35.2 Å². The molecule has 1 rings (SSSR count). The van der Waals surface area contributed by atoms with Gasteiger partial charge in [-0.25, -0.2) is 5.90 Å². The summed E-state index contributed by atoms with van der Waals surface area (Å²) < 4.78 is 0. The second-order valence-electron chi connectivity index (χ2n) is 2.02. The third-order valence-electron chi connectivity index (χ3n) is 1.27. The summed E-state index contributed by atoms with van der Waals surface area (Å²) in [6.07, 6.45) is 0. The molecule has 0 fully saturated rings. The average molecular weight is 229 g/mol. The van der Waals surface area contributed by atoms with Crippen LogP contribution in [0.4, 0.5) is 0 Å². The minimum atomic E-state index is 0. The van der Waals surface area contributed by atoms with Gasteiger partial charge in [0.15, 0.2) is 0 Å². The molecule has 0 saturated heterocycles. The van der Waals surface area contributed by atoms with Crippen LogP contribution in [0.1, 0.15) is 5.56 Å². The molecule has 0 aliphatic carbocycles. The summed E-state index contributed by atoms with van der Waals surface area (Å²) in [5.74, 6) is 4.88. The highest BCUT2D eigenvalue weighted by atomic mass is 35.5. The lowest BCUT2D eigenvalue weighted by Gasteiger charge is -2.02. The summed E-state index contributed by atoms with van der Waals surface area (Å²) in [5.41, 5.74) is 0.793. The van der Waals surface area contributed by atoms with Crippen LogP contribution in [0, 0.1) is 0 Å². The largest absolute Gasteiger partial charge is 0.300 e. The normalized spacial score (nSPS) is 9.25. The van der Waals surface area contributed by atoms with Crippen molar-refractivity contribution in [3.8, 4) is 0 Å². The summed E-state index contributed by atoms with van der Waals surface area (Å²) in [6, 6.07) is 5.31. The molecule has 0 radical (unpaired) electrons. The molecule has 0 aromatic heterocycles. The van der Waals surface area contributed by atoms with Gasteiger partial charge in [-0.1, -0.05) is 35.3 Å². The van der Waals surface area contributed by atoms with Crippen LogP contribution in [0.2, 0.25) is 10.0 Å². The quantitative estimate of drug-likeness (QED) is 0.790. The molecule has 0 bridgehead atoms. The molecule has 0 spiro atoms. The molecule has 12 heavy (non-hydrogen) atoms. The van der Waals surface area contributed by atoms with Crippen LogP contribution in [-0.4, -0.2) is 0 Å². The van der Waals surface area contributed by atoms with E-state index in [0.717, 1.165) is 5.56 Å². The molecule has 2 nitrogen and oxygen atoms in total. The third kappa shape index (κ3) is 2.81. The monoisotopic (exact) mass is 227 g/mol. The van der Waals surface area contributed by atoms with Crippen LogP contribution in [0.25, 0.3) is 0 Å². The van der Waals surface area contributed by atoms with Crippen LogP contribution < -0.4 is 5.90 Å². The zero-order valence-corrected chi connectivity index (χ0v) is 8.42. The van der Waals surface area contributed by atoms with Crippen LogP contribution in [0.5, 0.6) is 0 Å². The molecule has 0 saturated carbocycles. The van der Waals surface area contributed by atoms with Crippen molar-refractivity contribution in [2.45, 2.75) is 6.61 Å². The molecule has 1 aromatic carbocycles. The van der Waals surface area contributed by atoms with E-state index in [9.17, 15) is 0 Å². The number of hydrogen-bond acceptors (Lipinski definition) is 2. The van der Waals surface area contributed by atoms with Crippen molar-refractivity contribution < 1.29 is 4.84 Å². The Morgan fingerprint density at radius 3 is 2.58 bits per heavy atom. The van der Waals surface area contributed by atoms with Gasteiger partial charge in [0.25, 0.3) is 0 Å². The Labute approximate surface area is 87.0 Å². The fourth-order valence-electron chi connectivity index (χ4n) is 0.750. The minimum absolute atomic E-state index is 0. The van der Waals surface area contributed by atoms with Crippen molar-refractivity contribution in [3.05, 3.63) is 33.8 Å². The van der Waals surface area contributed by atoms with Gasteiger partial charge in [-0.05, 0) is 11.6 Å². The lowest BCUT2D eigenvalue weighted by molar-refractivity contribution is 0.124. The van der Waals surface area contributed by atoms with Gasteiger partial charge in [0.05, 0.1) is 16.7 Å². The molecule has 0 aliphatic rings. The highest BCUT2D eigenvalue weighted by Gasteiger charge is 2.02. The van der Waals surface area contributed by atoms with Gasteiger partial charge < -0.3 is 0 Å². The Kier molecular flexibility index (Phi) is 5.63. The summed E-state index contributed by atoms with van der Waals surface area (Å²) >= 11 is 11.5. The zero-order chi connectivity index (χ0) is 8.27. The maximum absolute atomic E-state index is 5.80. The van der Waals surface area contributed by atoms with Crippen LogP contribution in [0.15, 0.2) is 18.2 Å². The maximum atomic E-state index is 5.80. The first kappa shape index (κ1) is 12.0. The lowest BCUT2D eigenvalue weighted by Crippen LogP contribution is -1.99. The maximum Gasteiger partial charge on any atom is 0.0944 e. The molecular weight excluding hydrogens is 220 g/mol. The van der Waals surface area contributed by atoms with Crippen molar-refractivity contribution in [2.75, 3.05) is 0 Å². The summed E-state index contributed by atoms with van der Waals surface area (Å²) in [5, 5.41) is 1.01. The van der Waals surface area contributed by atoms with E-state index in [4.69, 9.17) is 29.1 Å². The molecule has 5 heteroatoms. The van der Waals surface area contributed by atoms with E-state index < -0.39 is 0 Å². The minimum Gasteiger partial charge on any atom is -0.300 e. The van der Waals surface area contributed by atoms with E-state index >= 15 is 0 Å². The zero-order valence-electron chi connectivity index (χ0n) is 6.09. The number of hydrogen-bond donors (Lipinski definition) is 1. The van der Waals surface area contributed by atoms with Crippen molar-refractivity contribution >= 4 is 35.6 Å². The molecule has 0 heterocycles. The first-order valence-electron chi connectivity index (χ1n) is 3.00. The van der Waals surface area contributed by atoms with Gasteiger partial charge in [0, 0.05) is 0 Å². The standard InChI is InChI=1S/C7H7Cl2NO.ClH/c8-6-3-1-2-5(4-11-10)7(6)9;/h1-3H,4,10H2;1H. The van der Waals surface area contributed by atoms with Crippen LogP contribution >= 0.6 is 35.6 Å². The van der Waals surface area contributed by atoms with Gasteiger partial charge in [-0.2, -0.15) is 0 Å². The Bertz CT molecular complexity index is 254. The predicted octanol–water partition coefficient (Wildman–Crippen LogP) is 2.81. The highest BCUT2D eigenvalue weighted by molar-refractivity contribution is 6.42. The fourth-order valence-corrected chi connectivity index (χ4v) is 1.12. The van der Waals surface area contributed by atoms with Gasteiger partial charge in [-0.15, -0.1) is 12.4 Å². The van der Waals surface area contributed by atoms with Gasteiger partial charge in [0.2, 0.25) is 0 Å². The Balaban J connectivity index is 0.00000121. The van der Waals surface area contributed by atoms with Crippen molar-refractivity contribution in [1.82, 2.24) is 0 Å². The molecule has 0 amide bonds. The summed E-state index contributed by atoms with van der Waals surface area (Å²) in [6.45, 7) is 0.277. The number of benzene rings is 1. The molecule has 2 N–H and O–H groups in total. The molecule has 0 aliphatic heterocycles. The van der Waals surface area contributed by atoms with Gasteiger partial charge in [0.1, 0.15) is 0 Å². The first-order valence-corrected chi connectivity index (χ1v) is 3.76. The van der Waals surface area contributed by atoms with Crippen LogP contribution in [0.3, 0.4) is 0 Å². The van der Waals surface area contributed by atoms with Gasteiger partial charge >= 0.3 is 0 Å². The SMILES string of the molecule is Cl.NOCc1cccc(Cl)c1Cl. The van der Waals surface area contributed by atoms with Crippen molar-refractivity contribution in [2.24, 2.45) is 5.90 Å². The molecule has 68 valence electrons. The van der Waals surface area contributed by atoms with E-state index in [2.05, 4.69) is 4.84 Å². The van der Waals surface area contributed by atoms with E-state index in [-0.39, 0.29) is 19.0 Å². The van der Waals surface area contributed by atoms with Crippen LogP contribution in [-0.2, 0) is 11.4 Å². The Morgan fingerprint density at radius 1 is 1.33 bits per heavy atom. The number of nitrogens with two attached hydrogens (primary N) is 1. The Morgan fingerprint density at radius 2 is 2.00 bits per heavy atom. The summed E-state index contributed by atoms with van der Waals surface area (Å²) in [4.78, 5) is 4.42. The molecule has 0 unspecified atom stereocenters. The number of halogens is 3. The highest BCUT2D eigenvalue weighted by Crippen LogP contribution is 2.25. The fraction of sp³-hybridized carbons (Fsp3) is 0.143. The smallest absolute Gasteiger partial charge is 0.0944 e. The Hall–Kier alpha value is 0.01000. The van der Waals surface area contributed by atoms with E-state index in [1.807, 2.05) is 0 Å². The lowest BCUT2D eigenvalue weighted by atomic mass is 10.2. The first-order chi connectivity index (χ1) is 5.25. The van der Waals surface area contributed by atoms with Crippen molar-refractivity contribution in [3.63, 3.8) is 0 Å². The predicted molar refractivity (Wildman–Crippen MR) is 52.7 cm³/mol. The second-order valence-corrected chi connectivity index (χ2v) is 2.81. The third-order valence-corrected chi connectivity index (χ3v) is 2.13. The second kappa shape index (κ2) is 5.62. The molecule has 0 atom stereocenters. The van der Waals surface area contributed by atoms with E-state index in [1.54, 1.807) is 18.2 Å². The molecular formula is C7H8Cl3NO. The van der Waals surface area contributed by atoms with E-state index in [0.29, 0.717) is 10.0 Å². The van der Waals surface area contributed by atoms with Crippen molar-refractivity contribution in [1.29, 1.82) is 0 Å². The van der Waals surface area contributed by atoms with E-state index in [1.165, 1.54) is 0 Å².